The minimum atomic E-state index is -0.162. The molecule has 126 valence electrons. The van der Waals surface area contributed by atoms with Gasteiger partial charge in [0.05, 0.1) is 13.2 Å². The van der Waals surface area contributed by atoms with Crippen LogP contribution in [0.4, 0.5) is 5.69 Å². The second-order valence-corrected chi connectivity index (χ2v) is 5.89. The van der Waals surface area contributed by atoms with E-state index in [4.69, 9.17) is 9.47 Å². The lowest BCUT2D eigenvalue weighted by atomic mass is 10.2. The highest BCUT2D eigenvalue weighted by Gasteiger charge is 2.14. The zero-order valence-corrected chi connectivity index (χ0v) is 13.7. The minimum absolute atomic E-state index is 0.00366. The van der Waals surface area contributed by atoms with Crippen LogP contribution in [0.25, 0.3) is 0 Å². The molecular formula is C19H23N2O3+. The molecule has 1 aliphatic heterocycles. The summed E-state index contributed by atoms with van der Waals surface area (Å²) < 4.78 is 10.8. The van der Waals surface area contributed by atoms with Crippen molar-refractivity contribution in [3.63, 3.8) is 0 Å². The Labute approximate surface area is 142 Å². The van der Waals surface area contributed by atoms with E-state index in [1.807, 2.05) is 42.5 Å². The molecule has 1 amide bonds. The molecule has 0 atom stereocenters. The van der Waals surface area contributed by atoms with Crippen LogP contribution in [0.3, 0.4) is 0 Å². The number of ether oxygens (including phenoxy) is 2. The second-order valence-electron chi connectivity index (χ2n) is 5.89. The van der Waals surface area contributed by atoms with Gasteiger partial charge in [-0.05, 0) is 24.3 Å². The summed E-state index contributed by atoms with van der Waals surface area (Å²) in [4.78, 5) is 13.5. The Morgan fingerprint density at radius 2 is 1.75 bits per heavy atom. The molecule has 2 N–H and O–H groups in total. The molecule has 0 spiro atoms. The normalized spacial score (nSPS) is 15.0. The summed E-state index contributed by atoms with van der Waals surface area (Å²) in [5.74, 6) is 0.530. The molecule has 2 aromatic rings. The topological polar surface area (TPSA) is 52.0 Å². The van der Waals surface area contributed by atoms with Gasteiger partial charge < -0.3 is 19.7 Å². The van der Waals surface area contributed by atoms with Crippen LogP contribution in [-0.4, -0.2) is 38.8 Å². The molecule has 0 aliphatic carbocycles. The SMILES string of the molecule is O=C(COc1ccccc1)Nc1ccc(C[NH+]2CCOCC2)cc1. The molecule has 1 saturated heterocycles. The molecule has 0 unspecified atom stereocenters. The number of carbonyl (C=O) groups excluding carboxylic acids is 1. The Hall–Kier alpha value is -2.37. The van der Waals surface area contributed by atoms with Crippen molar-refractivity contribution < 1.29 is 19.2 Å². The van der Waals surface area contributed by atoms with Crippen LogP contribution in [0, 0.1) is 0 Å². The van der Waals surface area contributed by atoms with E-state index in [1.165, 1.54) is 10.5 Å². The van der Waals surface area contributed by atoms with Crippen molar-refractivity contribution in [1.82, 2.24) is 0 Å². The first-order valence-electron chi connectivity index (χ1n) is 8.27. The molecule has 1 aliphatic rings. The van der Waals surface area contributed by atoms with Gasteiger partial charge in [0.25, 0.3) is 5.91 Å². The molecular weight excluding hydrogens is 304 g/mol. The molecule has 0 bridgehead atoms. The predicted octanol–water partition coefficient (Wildman–Crippen LogP) is 1.12. The highest BCUT2D eigenvalue weighted by Crippen LogP contribution is 2.10. The zero-order chi connectivity index (χ0) is 16.6. The number of carbonyl (C=O) groups is 1. The van der Waals surface area contributed by atoms with Gasteiger partial charge in [0, 0.05) is 11.3 Å². The fraction of sp³-hybridized carbons (Fsp3) is 0.316. The number of nitrogens with one attached hydrogen (secondary N) is 2. The number of para-hydroxylation sites is 1. The fourth-order valence-corrected chi connectivity index (χ4v) is 2.69. The number of quaternary nitrogens is 1. The van der Waals surface area contributed by atoms with Gasteiger partial charge in [-0.3, -0.25) is 4.79 Å². The van der Waals surface area contributed by atoms with E-state index in [-0.39, 0.29) is 12.5 Å². The lowest BCUT2D eigenvalue weighted by molar-refractivity contribution is -0.921. The number of benzene rings is 2. The Kier molecular flexibility index (Phi) is 5.82. The number of amides is 1. The van der Waals surface area contributed by atoms with E-state index in [0.29, 0.717) is 5.75 Å². The second kappa shape index (κ2) is 8.47. The molecule has 5 nitrogen and oxygen atoms in total. The molecule has 1 heterocycles. The Balaban J connectivity index is 1.45. The molecule has 0 saturated carbocycles. The van der Waals surface area contributed by atoms with Crippen LogP contribution in [-0.2, 0) is 16.1 Å². The molecule has 24 heavy (non-hydrogen) atoms. The minimum Gasteiger partial charge on any atom is -0.484 e. The third-order valence-electron chi connectivity index (χ3n) is 4.00. The first kappa shape index (κ1) is 16.5. The first-order valence-corrected chi connectivity index (χ1v) is 8.27. The number of rotatable bonds is 6. The van der Waals surface area contributed by atoms with Crippen LogP contribution >= 0.6 is 0 Å². The summed E-state index contributed by atoms with van der Waals surface area (Å²) in [5, 5.41) is 2.85. The molecule has 2 aromatic carbocycles. The highest BCUT2D eigenvalue weighted by molar-refractivity contribution is 5.91. The zero-order valence-electron chi connectivity index (χ0n) is 13.7. The maximum absolute atomic E-state index is 11.9. The van der Waals surface area contributed by atoms with E-state index in [9.17, 15) is 4.79 Å². The van der Waals surface area contributed by atoms with Crippen molar-refractivity contribution in [2.24, 2.45) is 0 Å². The van der Waals surface area contributed by atoms with Crippen LogP contribution in [0.5, 0.6) is 5.75 Å². The van der Waals surface area contributed by atoms with Crippen molar-refractivity contribution in [2.75, 3.05) is 38.2 Å². The largest absolute Gasteiger partial charge is 0.484 e. The van der Waals surface area contributed by atoms with Crippen LogP contribution in [0.1, 0.15) is 5.56 Å². The van der Waals surface area contributed by atoms with E-state index in [0.717, 1.165) is 38.5 Å². The van der Waals surface area contributed by atoms with Crippen molar-refractivity contribution in [1.29, 1.82) is 0 Å². The maximum atomic E-state index is 11.9. The predicted molar refractivity (Wildman–Crippen MR) is 92.2 cm³/mol. The molecule has 3 rings (SSSR count). The lowest BCUT2D eigenvalue weighted by Gasteiger charge is -2.23. The van der Waals surface area contributed by atoms with Crippen LogP contribution in [0.2, 0.25) is 0 Å². The molecule has 5 heteroatoms. The van der Waals surface area contributed by atoms with Gasteiger partial charge in [0.15, 0.2) is 6.61 Å². The summed E-state index contributed by atoms with van der Waals surface area (Å²) in [6.45, 7) is 4.78. The van der Waals surface area contributed by atoms with E-state index >= 15 is 0 Å². The molecule has 0 radical (unpaired) electrons. The van der Waals surface area contributed by atoms with Crippen LogP contribution in [0.15, 0.2) is 54.6 Å². The van der Waals surface area contributed by atoms with Crippen molar-refractivity contribution >= 4 is 11.6 Å². The Morgan fingerprint density at radius 3 is 2.46 bits per heavy atom. The summed E-state index contributed by atoms with van der Waals surface area (Å²) in [6, 6.07) is 17.3. The van der Waals surface area contributed by atoms with Gasteiger partial charge in [-0.15, -0.1) is 0 Å². The number of hydrogen-bond donors (Lipinski definition) is 2. The van der Waals surface area contributed by atoms with Gasteiger partial charge in [-0.2, -0.15) is 0 Å². The van der Waals surface area contributed by atoms with Gasteiger partial charge in [0.2, 0.25) is 0 Å². The smallest absolute Gasteiger partial charge is 0.262 e. The molecule has 0 aromatic heterocycles. The number of anilines is 1. The quantitative estimate of drug-likeness (QED) is 0.836. The van der Waals surface area contributed by atoms with Gasteiger partial charge in [-0.1, -0.05) is 30.3 Å². The first-order chi connectivity index (χ1) is 11.8. The van der Waals surface area contributed by atoms with Gasteiger partial charge in [0.1, 0.15) is 25.4 Å². The molecule has 1 fully saturated rings. The average molecular weight is 327 g/mol. The fourth-order valence-electron chi connectivity index (χ4n) is 2.69. The monoisotopic (exact) mass is 327 g/mol. The highest BCUT2D eigenvalue weighted by atomic mass is 16.5. The summed E-state index contributed by atoms with van der Waals surface area (Å²) in [7, 11) is 0. The van der Waals surface area contributed by atoms with Gasteiger partial charge >= 0.3 is 0 Å². The maximum Gasteiger partial charge on any atom is 0.262 e. The number of morpholine rings is 1. The van der Waals surface area contributed by atoms with Crippen molar-refractivity contribution in [3.05, 3.63) is 60.2 Å². The van der Waals surface area contributed by atoms with Gasteiger partial charge in [-0.25, -0.2) is 0 Å². The van der Waals surface area contributed by atoms with Crippen molar-refractivity contribution in [2.45, 2.75) is 6.54 Å². The standard InChI is InChI=1S/C19H22N2O3/c22-19(15-24-18-4-2-1-3-5-18)20-17-8-6-16(7-9-17)14-21-10-12-23-13-11-21/h1-9H,10-15H2,(H,20,22)/p+1. The van der Waals surface area contributed by atoms with E-state index in [1.54, 1.807) is 0 Å². The third-order valence-corrected chi connectivity index (χ3v) is 4.00. The lowest BCUT2D eigenvalue weighted by Crippen LogP contribution is -3.12. The summed E-state index contributed by atoms with van der Waals surface area (Å²) in [6.07, 6.45) is 0. The van der Waals surface area contributed by atoms with Crippen LogP contribution < -0.4 is 15.0 Å². The average Bonchev–Trinajstić information content (AvgIpc) is 2.63. The Bertz CT molecular complexity index is 637. The number of hydrogen-bond acceptors (Lipinski definition) is 3. The summed E-state index contributed by atoms with van der Waals surface area (Å²) in [5.41, 5.74) is 2.06. The summed E-state index contributed by atoms with van der Waals surface area (Å²) >= 11 is 0. The van der Waals surface area contributed by atoms with E-state index in [2.05, 4.69) is 17.4 Å². The van der Waals surface area contributed by atoms with E-state index < -0.39 is 0 Å². The Morgan fingerprint density at radius 1 is 1.04 bits per heavy atom. The third kappa shape index (κ3) is 5.08. The van der Waals surface area contributed by atoms with Crippen molar-refractivity contribution in [3.8, 4) is 5.75 Å².